The Morgan fingerprint density at radius 3 is 1.64 bits per heavy atom. The van der Waals surface area contributed by atoms with Gasteiger partial charge in [0.05, 0.1) is 0 Å². The Bertz CT molecular complexity index is 936. The number of rotatable bonds is 12. The molecular formula is C30H44O5Si. The van der Waals surface area contributed by atoms with E-state index in [0.717, 1.165) is 19.3 Å². The molecule has 1 N–H and O–H groups in total. The molecule has 0 amide bonds. The van der Waals surface area contributed by atoms with Gasteiger partial charge in [0.1, 0.15) is 5.60 Å². The molecule has 1 atom stereocenters. The third-order valence-electron chi connectivity index (χ3n) is 6.63. The van der Waals surface area contributed by atoms with Crippen LogP contribution in [0.2, 0.25) is 5.04 Å². The summed E-state index contributed by atoms with van der Waals surface area (Å²) < 4.78 is 12.3. The summed E-state index contributed by atoms with van der Waals surface area (Å²) in [6, 6.07) is 21.2. The number of hydrogen-bond acceptors (Lipinski definition) is 4. The highest BCUT2D eigenvalue weighted by Crippen LogP contribution is 2.37. The molecule has 1 unspecified atom stereocenters. The third-order valence-corrected chi connectivity index (χ3v) is 11.7. The minimum absolute atomic E-state index is 0.0631. The Morgan fingerprint density at radius 2 is 1.22 bits per heavy atom. The van der Waals surface area contributed by atoms with Crippen molar-refractivity contribution in [3.05, 3.63) is 60.7 Å². The fraction of sp³-hybridized carbons (Fsp3) is 0.533. The molecule has 0 aliphatic heterocycles. The maximum atomic E-state index is 12.5. The molecule has 0 heterocycles. The van der Waals surface area contributed by atoms with Crippen LogP contribution >= 0.6 is 0 Å². The Morgan fingerprint density at radius 1 is 0.750 bits per heavy atom. The van der Waals surface area contributed by atoms with Gasteiger partial charge in [-0.2, -0.15) is 0 Å². The molecule has 0 saturated heterocycles. The number of benzene rings is 2. The largest absolute Gasteiger partial charge is 0.480 e. The van der Waals surface area contributed by atoms with Gasteiger partial charge < -0.3 is 14.3 Å². The number of hydrogen-bond donors (Lipinski definition) is 1. The van der Waals surface area contributed by atoms with Crippen LogP contribution in [0.1, 0.15) is 80.6 Å². The first kappa shape index (κ1) is 29.8. The van der Waals surface area contributed by atoms with Crippen LogP contribution in [-0.4, -0.2) is 37.6 Å². The van der Waals surface area contributed by atoms with Crippen molar-refractivity contribution >= 4 is 30.6 Å². The number of carbonyl (C=O) groups is 2. The lowest BCUT2D eigenvalue weighted by molar-refractivity contribution is -0.176. The maximum absolute atomic E-state index is 12.5. The van der Waals surface area contributed by atoms with Gasteiger partial charge in [0.25, 0.3) is 8.32 Å². The Labute approximate surface area is 218 Å². The van der Waals surface area contributed by atoms with Crippen molar-refractivity contribution in [3.63, 3.8) is 0 Å². The summed E-state index contributed by atoms with van der Waals surface area (Å²) in [5, 5.41) is 12.2. The van der Waals surface area contributed by atoms with Gasteiger partial charge >= 0.3 is 11.9 Å². The van der Waals surface area contributed by atoms with Crippen LogP contribution in [0.4, 0.5) is 0 Å². The summed E-state index contributed by atoms with van der Waals surface area (Å²) in [5.74, 6) is -1.80. The number of unbranched alkanes of at least 4 members (excludes halogenated alkanes) is 3. The van der Waals surface area contributed by atoms with Crippen molar-refractivity contribution in [3.8, 4) is 0 Å². The molecule has 2 aromatic rings. The van der Waals surface area contributed by atoms with Crippen molar-refractivity contribution in [1.82, 2.24) is 0 Å². The summed E-state index contributed by atoms with van der Waals surface area (Å²) in [7, 11) is -2.54. The van der Waals surface area contributed by atoms with Crippen LogP contribution in [0.3, 0.4) is 0 Å². The van der Waals surface area contributed by atoms with Crippen LogP contribution in [0.15, 0.2) is 60.7 Å². The lowest BCUT2D eigenvalue weighted by Crippen LogP contribution is -2.66. The third kappa shape index (κ3) is 7.29. The van der Waals surface area contributed by atoms with E-state index in [0.29, 0.717) is 13.0 Å². The standard InChI is InChI=1S/C30H44O5Si/c1-28(2,3)35-27(33)30(7,26(31)32)22-16-8-9-17-23-34-36(29(4,5)6,24-18-12-10-13-19-24)25-20-14-11-15-21-25/h10-15,18-21H,8-9,16-17,22-23H2,1-7H3,(H,31,32). The highest BCUT2D eigenvalue weighted by atomic mass is 28.4. The van der Waals surface area contributed by atoms with Crippen LogP contribution in [0, 0.1) is 5.41 Å². The first-order valence-electron chi connectivity index (χ1n) is 13.0. The van der Waals surface area contributed by atoms with E-state index in [1.807, 2.05) is 12.1 Å². The minimum Gasteiger partial charge on any atom is -0.480 e. The Hall–Kier alpha value is -2.44. The van der Waals surface area contributed by atoms with Crippen molar-refractivity contribution in [1.29, 1.82) is 0 Å². The van der Waals surface area contributed by atoms with E-state index >= 15 is 0 Å². The van der Waals surface area contributed by atoms with Crippen molar-refractivity contribution in [2.75, 3.05) is 6.61 Å². The van der Waals surface area contributed by atoms with E-state index in [9.17, 15) is 14.7 Å². The predicted octanol–water partition coefficient (Wildman–Crippen LogP) is 5.95. The fourth-order valence-electron chi connectivity index (χ4n) is 4.61. The molecule has 36 heavy (non-hydrogen) atoms. The smallest absolute Gasteiger partial charge is 0.323 e. The van der Waals surface area contributed by atoms with Gasteiger partial charge in [-0.3, -0.25) is 9.59 Å². The van der Waals surface area contributed by atoms with E-state index in [2.05, 4.69) is 69.3 Å². The van der Waals surface area contributed by atoms with Gasteiger partial charge in [0.2, 0.25) is 0 Å². The van der Waals surface area contributed by atoms with Gasteiger partial charge in [-0.25, -0.2) is 0 Å². The van der Waals surface area contributed by atoms with E-state index in [4.69, 9.17) is 9.16 Å². The molecule has 6 heteroatoms. The topological polar surface area (TPSA) is 72.8 Å². The van der Waals surface area contributed by atoms with Crippen LogP contribution in [0.5, 0.6) is 0 Å². The van der Waals surface area contributed by atoms with Crippen LogP contribution in [-0.2, 0) is 18.8 Å². The zero-order chi connectivity index (χ0) is 27.0. The van der Waals surface area contributed by atoms with E-state index in [1.54, 1.807) is 20.8 Å². The zero-order valence-electron chi connectivity index (χ0n) is 23.1. The van der Waals surface area contributed by atoms with Crippen LogP contribution in [0.25, 0.3) is 0 Å². The minimum atomic E-state index is -2.54. The number of esters is 1. The molecule has 198 valence electrons. The second kappa shape index (κ2) is 12.2. The van der Waals surface area contributed by atoms with Crippen molar-refractivity contribution < 1.29 is 23.9 Å². The molecule has 0 fully saturated rings. The van der Waals surface area contributed by atoms with Gasteiger partial charge in [-0.1, -0.05) is 101 Å². The average molecular weight is 513 g/mol. The highest BCUT2D eigenvalue weighted by Gasteiger charge is 2.50. The van der Waals surface area contributed by atoms with Gasteiger partial charge in [-0.15, -0.1) is 0 Å². The monoisotopic (exact) mass is 512 g/mol. The average Bonchev–Trinajstić information content (AvgIpc) is 2.80. The molecule has 0 aromatic heterocycles. The Balaban J connectivity index is 2.03. The molecule has 2 aromatic carbocycles. The lowest BCUT2D eigenvalue weighted by atomic mass is 9.84. The zero-order valence-corrected chi connectivity index (χ0v) is 24.1. The van der Waals surface area contributed by atoms with Crippen LogP contribution < -0.4 is 10.4 Å². The normalized spacial score (nSPS) is 14.2. The quantitative estimate of drug-likeness (QED) is 0.165. The summed E-state index contributed by atoms with van der Waals surface area (Å²) in [6.45, 7) is 14.1. The van der Waals surface area contributed by atoms with Crippen molar-refractivity contribution in [2.45, 2.75) is 91.2 Å². The van der Waals surface area contributed by atoms with E-state index in [-0.39, 0.29) is 11.5 Å². The first-order chi connectivity index (χ1) is 16.7. The summed E-state index contributed by atoms with van der Waals surface area (Å²) in [4.78, 5) is 24.4. The predicted molar refractivity (Wildman–Crippen MR) is 148 cm³/mol. The molecular weight excluding hydrogens is 468 g/mol. The molecule has 2 rings (SSSR count). The fourth-order valence-corrected chi connectivity index (χ4v) is 9.21. The number of aliphatic carboxylic acids is 1. The molecule has 0 spiro atoms. The molecule has 0 bridgehead atoms. The number of ether oxygens (including phenoxy) is 1. The van der Waals surface area contributed by atoms with Crippen molar-refractivity contribution in [2.24, 2.45) is 5.41 Å². The summed E-state index contributed by atoms with van der Waals surface area (Å²) in [5.41, 5.74) is -2.25. The van der Waals surface area contributed by atoms with Gasteiger partial charge in [-0.05, 0) is 55.9 Å². The molecule has 0 saturated carbocycles. The van der Waals surface area contributed by atoms with E-state index in [1.165, 1.54) is 17.3 Å². The number of carboxylic acid groups (broad SMARTS) is 1. The second-order valence-corrected chi connectivity index (χ2v) is 16.1. The number of carbonyl (C=O) groups excluding carboxylic acids is 1. The molecule has 0 aliphatic carbocycles. The molecule has 0 aliphatic rings. The lowest BCUT2D eigenvalue weighted by Gasteiger charge is -2.43. The Kier molecular flexibility index (Phi) is 10.1. The first-order valence-corrected chi connectivity index (χ1v) is 14.9. The number of carboxylic acids is 1. The van der Waals surface area contributed by atoms with E-state index < -0.39 is 31.3 Å². The highest BCUT2D eigenvalue weighted by molar-refractivity contribution is 6.99. The summed E-state index contributed by atoms with van der Waals surface area (Å²) in [6.07, 6.45) is 3.51. The van der Waals surface area contributed by atoms with Gasteiger partial charge in [0.15, 0.2) is 5.41 Å². The molecule has 0 radical (unpaired) electrons. The van der Waals surface area contributed by atoms with Gasteiger partial charge in [0, 0.05) is 6.61 Å². The SMILES string of the molecule is CC(C)(C)OC(=O)C(C)(CCCCCCO[Si](c1ccccc1)(c1ccccc1)C(C)(C)C)C(=O)O. The second-order valence-electron chi connectivity index (χ2n) is 11.8. The molecule has 5 nitrogen and oxygen atoms in total. The summed E-state index contributed by atoms with van der Waals surface area (Å²) >= 11 is 0. The maximum Gasteiger partial charge on any atom is 0.323 e.